The molecule has 1 amide bonds. The van der Waals surface area contributed by atoms with Crippen LogP contribution in [0.4, 0.5) is 13.2 Å². The lowest BCUT2D eigenvalue weighted by Crippen LogP contribution is -2.61. The second-order valence-corrected chi connectivity index (χ2v) is 8.90. The molecule has 0 aromatic carbocycles. The molecule has 3 aliphatic rings. The van der Waals surface area contributed by atoms with Gasteiger partial charge in [-0.3, -0.25) is 4.79 Å². The summed E-state index contributed by atoms with van der Waals surface area (Å²) in [7, 11) is 0. The van der Waals surface area contributed by atoms with Gasteiger partial charge in [0.1, 0.15) is 6.61 Å². The molecule has 1 aliphatic heterocycles. The Kier molecular flexibility index (Phi) is 5.62. The molecule has 3 rings (SSSR count). The number of amides is 1. The highest BCUT2D eigenvalue weighted by Gasteiger charge is 2.65. The van der Waals surface area contributed by atoms with E-state index in [0.717, 1.165) is 5.57 Å². The molecule has 5 nitrogen and oxygen atoms in total. The van der Waals surface area contributed by atoms with Crippen molar-refractivity contribution in [2.45, 2.75) is 63.8 Å². The van der Waals surface area contributed by atoms with Crippen molar-refractivity contribution < 1.29 is 32.6 Å². The number of nitrogens with one attached hydrogen (secondary N) is 1. The van der Waals surface area contributed by atoms with Crippen molar-refractivity contribution in [2.75, 3.05) is 6.61 Å². The predicted molar refractivity (Wildman–Crippen MR) is 99.5 cm³/mol. The number of hydrogen-bond donors (Lipinski definition) is 2. The van der Waals surface area contributed by atoms with Gasteiger partial charge in [0.15, 0.2) is 5.60 Å². The topological polar surface area (TPSA) is 75.6 Å². The lowest BCUT2D eigenvalue weighted by Gasteiger charge is -2.58. The van der Waals surface area contributed by atoms with Crippen molar-refractivity contribution in [3.05, 3.63) is 23.8 Å². The number of alkyl halides is 3. The van der Waals surface area contributed by atoms with Crippen molar-refractivity contribution >= 4 is 12.4 Å². The maximum Gasteiger partial charge on any atom is 0.417 e. The molecule has 29 heavy (non-hydrogen) atoms. The number of halogens is 3. The number of hydrogen-bond acceptors (Lipinski definition) is 4. The maximum atomic E-state index is 13.6. The molecule has 2 N–H and O–H groups in total. The number of aliphatic hydroxyl groups is 1. The number of ether oxygens (including phenoxy) is 1. The minimum Gasteiger partial charge on any atom is -0.460 e. The van der Waals surface area contributed by atoms with E-state index < -0.39 is 35.1 Å². The van der Waals surface area contributed by atoms with Crippen LogP contribution in [0.5, 0.6) is 0 Å². The average Bonchev–Trinajstić information content (AvgIpc) is 2.97. The minimum absolute atomic E-state index is 0.0740. The first-order valence-corrected chi connectivity index (χ1v) is 9.99. The second-order valence-electron chi connectivity index (χ2n) is 8.90. The molecule has 6 atom stereocenters. The van der Waals surface area contributed by atoms with E-state index in [1.807, 2.05) is 6.92 Å². The Morgan fingerprint density at radius 3 is 2.69 bits per heavy atom. The van der Waals surface area contributed by atoms with Gasteiger partial charge in [-0.15, -0.1) is 0 Å². The molecule has 162 valence electrons. The van der Waals surface area contributed by atoms with Crippen LogP contribution in [0.3, 0.4) is 0 Å². The molecule has 3 fully saturated rings. The Hall–Kier alpha value is -1.83. The van der Waals surface area contributed by atoms with Crippen LogP contribution in [-0.4, -0.2) is 41.9 Å². The number of cyclic esters (lactones) is 1. The van der Waals surface area contributed by atoms with E-state index in [1.54, 1.807) is 6.08 Å². The molecule has 0 aromatic heterocycles. The molecule has 0 spiro atoms. The molecule has 1 saturated heterocycles. The fraction of sp³-hybridized carbons (Fsp3) is 0.714. The normalized spacial score (nSPS) is 41.8. The molecule has 2 saturated carbocycles. The fourth-order valence-corrected chi connectivity index (χ4v) is 5.77. The predicted octanol–water partition coefficient (Wildman–Crippen LogP) is 3.29. The third-order valence-electron chi connectivity index (χ3n) is 7.64. The molecule has 0 bridgehead atoms. The Balaban J connectivity index is 1.87. The quantitative estimate of drug-likeness (QED) is 0.320. The zero-order valence-corrected chi connectivity index (χ0v) is 16.7. The van der Waals surface area contributed by atoms with Gasteiger partial charge in [0.05, 0.1) is 11.6 Å². The van der Waals surface area contributed by atoms with Crippen molar-refractivity contribution in [2.24, 2.45) is 23.2 Å². The maximum absolute atomic E-state index is 13.6. The summed E-state index contributed by atoms with van der Waals surface area (Å²) >= 11 is 0. The van der Waals surface area contributed by atoms with E-state index in [4.69, 9.17) is 4.74 Å². The van der Waals surface area contributed by atoms with Gasteiger partial charge in [0, 0.05) is 0 Å². The van der Waals surface area contributed by atoms with Crippen molar-refractivity contribution in [3.63, 3.8) is 0 Å². The largest absolute Gasteiger partial charge is 0.460 e. The van der Waals surface area contributed by atoms with Gasteiger partial charge in [-0.25, -0.2) is 4.79 Å². The molecule has 0 unspecified atom stereocenters. The van der Waals surface area contributed by atoms with E-state index in [-0.39, 0.29) is 31.3 Å². The van der Waals surface area contributed by atoms with Gasteiger partial charge < -0.3 is 15.2 Å². The standard InChI is InChI=1S/C21H28F3NO4/c1-12-4-6-16-13(2)20(28,21(22,23)24)9-8-19(16,3)15(12)7-5-14-17(25-11-26)10-29-18(14)27/h5,11,13,15-17,28H,1,4,6-10H2,2-3H3,(H,25,26)/b14-5+/t13-,15-,16-,17+,19+,20-/m1/s1. The van der Waals surface area contributed by atoms with Crippen LogP contribution in [0, 0.1) is 23.2 Å². The van der Waals surface area contributed by atoms with Gasteiger partial charge >= 0.3 is 12.1 Å². The Morgan fingerprint density at radius 1 is 1.38 bits per heavy atom. The number of fused-ring (bicyclic) bond motifs is 1. The zero-order chi connectivity index (χ0) is 21.6. The van der Waals surface area contributed by atoms with E-state index in [0.29, 0.717) is 31.2 Å². The summed E-state index contributed by atoms with van der Waals surface area (Å²) in [4.78, 5) is 22.8. The highest BCUT2D eigenvalue weighted by molar-refractivity contribution is 5.92. The summed E-state index contributed by atoms with van der Waals surface area (Å²) in [5, 5.41) is 13.0. The van der Waals surface area contributed by atoms with Crippen LogP contribution in [-0.2, 0) is 14.3 Å². The zero-order valence-electron chi connectivity index (χ0n) is 16.7. The Morgan fingerprint density at radius 2 is 2.07 bits per heavy atom. The lowest BCUT2D eigenvalue weighted by molar-refractivity contribution is -0.306. The van der Waals surface area contributed by atoms with Crippen LogP contribution in [0.2, 0.25) is 0 Å². The third-order valence-corrected chi connectivity index (χ3v) is 7.64. The molecule has 0 aromatic rings. The van der Waals surface area contributed by atoms with Gasteiger partial charge in [-0.05, 0) is 55.3 Å². The molecular formula is C21H28F3NO4. The summed E-state index contributed by atoms with van der Waals surface area (Å²) in [6.07, 6.45) is -0.960. The SMILES string of the molecule is C=C1CC[C@@H]2[C@@H](C)[C@@](O)(C(F)(F)F)CC[C@@]2(C)[C@@H]1C/C=C1/C(=O)OC[C@@H]1NC=O. The Bertz CT molecular complexity index is 734. The average molecular weight is 415 g/mol. The monoisotopic (exact) mass is 415 g/mol. The number of carbonyl (C=O) groups excluding carboxylic acids is 2. The van der Waals surface area contributed by atoms with Crippen molar-refractivity contribution in [1.82, 2.24) is 5.32 Å². The first kappa shape index (κ1) is 21.9. The van der Waals surface area contributed by atoms with Crippen LogP contribution in [0.15, 0.2) is 23.8 Å². The van der Waals surface area contributed by atoms with Crippen LogP contribution < -0.4 is 5.32 Å². The van der Waals surface area contributed by atoms with E-state index >= 15 is 0 Å². The fourth-order valence-electron chi connectivity index (χ4n) is 5.77. The first-order chi connectivity index (χ1) is 13.5. The van der Waals surface area contributed by atoms with Gasteiger partial charge in [0.25, 0.3) is 0 Å². The number of carbonyl (C=O) groups is 2. The molecule has 8 heteroatoms. The number of allylic oxidation sites excluding steroid dienone is 2. The Labute approximate surface area is 168 Å². The molecule has 2 aliphatic carbocycles. The second kappa shape index (κ2) is 7.45. The number of esters is 1. The van der Waals surface area contributed by atoms with Crippen LogP contribution in [0.25, 0.3) is 0 Å². The van der Waals surface area contributed by atoms with Crippen LogP contribution in [0.1, 0.15) is 46.0 Å². The molecule has 0 radical (unpaired) electrons. The number of rotatable bonds is 4. The van der Waals surface area contributed by atoms with Gasteiger partial charge in [-0.2, -0.15) is 13.2 Å². The lowest BCUT2D eigenvalue weighted by atomic mass is 9.48. The van der Waals surface area contributed by atoms with E-state index in [9.17, 15) is 27.9 Å². The van der Waals surface area contributed by atoms with Crippen LogP contribution >= 0.6 is 0 Å². The van der Waals surface area contributed by atoms with Gasteiger partial charge in [-0.1, -0.05) is 32.1 Å². The van der Waals surface area contributed by atoms with Crippen molar-refractivity contribution in [3.8, 4) is 0 Å². The minimum atomic E-state index is -4.67. The summed E-state index contributed by atoms with van der Waals surface area (Å²) < 4.78 is 45.7. The summed E-state index contributed by atoms with van der Waals surface area (Å²) in [6.45, 7) is 7.71. The first-order valence-electron chi connectivity index (χ1n) is 9.99. The molecule has 1 heterocycles. The summed E-state index contributed by atoms with van der Waals surface area (Å²) in [5.74, 6) is -1.84. The summed E-state index contributed by atoms with van der Waals surface area (Å²) in [5.41, 5.74) is -1.81. The highest BCUT2D eigenvalue weighted by Crippen LogP contribution is 2.62. The third kappa shape index (κ3) is 3.49. The molecular weight excluding hydrogens is 387 g/mol. The highest BCUT2D eigenvalue weighted by atomic mass is 19.4. The van der Waals surface area contributed by atoms with Crippen molar-refractivity contribution in [1.29, 1.82) is 0 Å². The van der Waals surface area contributed by atoms with E-state index in [2.05, 4.69) is 11.9 Å². The van der Waals surface area contributed by atoms with Gasteiger partial charge in [0.2, 0.25) is 6.41 Å². The summed E-state index contributed by atoms with van der Waals surface area (Å²) in [6, 6.07) is -0.513. The smallest absolute Gasteiger partial charge is 0.417 e. The van der Waals surface area contributed by atoms with E-state index in [1.165, 1.54) is 6.92 Å².